The highest BCUT2D eigenvalue weighted by Crippen LogP contribution is 2.16. The van der Waals surface area contributed by atoms with E-state index in [2.05, 4.69) is 10.3 Å². The number of nitrogens with one attached hydrogen (secondary N) is 1. The molecule has 104 valence electrons. The van der Waals surface area contributed by atoms with Gasteiger partial charge in [-0.15, -0.1) is 0 Å². The van der Waals surface area contributed by atoms with Gasteiger partial charge in [-0.3, -0.25) is 24.3 Å². The number of aromatic nitrogens is 2. The molecule has 0 spiro atoms. The molecule has 8 nitrogen and oxygen atoms in total. The highest BCUT2D eigenvalue weighted by atomic mass is 16.6. The smallest absolute Gasteiger partial charge is 0.270 e. The van der Waals surface area contributed by atoms with Gasteiger partial charge in [0.25, 0.3) is 11.2 Å². The third-order valence-corrected chi connectivity index (χ3v) is 2.71. The van der Waals surface area contributed by atoms with Crippen LogP contribution < -0.4 is 10.9 Å². The number of likely N-dealkylation sites (N-methyl/N-ethyl adjacent to an activating group) is 1. The minimum atomic E-state index is -0.583. The van der Waals surface area contributed by atoms with Crippen molar-refractivity contribution in [2.24, 2.45) is 0 Å². The fourth-order valence-corrected chi connectivity index (χ4v) is 1.78. The first-order chi connectivity index (χ1) is 9.52. The van der Waals surface area contributed by atoms with E-state index >= 15 is 0 Å². The molecule has 0 saturated heterocycles. The Morgan fingerprint density at radius 3 is 2.90 bits per heavy atom. The molecule has 20 heavy (non-hydrogen) atoms. The van der Waals surface area contributed by atoms with Crippen LogP contribution in [0.2, 0.25) is 0 Å². The van der Waals surface area contributed by atoms with Gasteiger partial charge in [0.05, 0.1) is 22.2 Å². The van der Waals surface area contributed by atoms with Crippen LogP contribution in [0.25, 0.3) is 10.9 Å². The van der Waals surface area contributed by atoms with Crippen molar-refractivity contribution in [3.63, 3.8) is 0 Å². The van der Waals surface area contributed by atoms with Gasteiger partial charge in [-0.05, 0) is 13.0 Å². The summed E-state index contributed by atoms with van der Waals surface area (Å²) in [6.45, 7) is 2.06. The van der Waals surface area contributed by atoms with E-state index in [9.17, 15) is 19.7 Å². The summed E-state index contributed by atoms with van der Waals surface area (Å²) >= 11 is 0. The summed E-state index contributed by atoms with van der Waals surface area (Å²) in [4.78, 5) is 37.8. The van der Waals surface area contributed by atoms with Crippen molar-refractivity contribution in [3.05, 3.63) is 45.0 Å². The Kier molecular flexibility index (Phi) is 3.74. The number of fused-ring (bicyclic) bond motifs is 1. The van der Waals surface area contributed by atoms with E-state index in [1.165, 1.54) is 24.5 Å². The second-order valence-corrected chi connectivity index (χ2v) is 4.09. The second kappa shape index (κ2) is 5.47. The molecule has 2 aromatic rings. The Morgan fingerprint density at radius 1 is 1.50 bits per heavy atom. The molecule has 0 fully saturated rings. The SMILES string of the molecule is CCNC(=O)Cn1cnc2ccc([N+](=O)[O-])cc2c1=O. The van der Waals surface area contributed by atoms with Crippen LogP contribution in [0.5, 0.6) is 0 Å². The van der Waals surface area contributed by atoms with Gasteiger partial charge in [0.2, 0.25) is 5.91 Å². The Hall–Kier alpha value is -2.77. The first kappa shape index (κ1) is 13.7. The van der Waals surface area contributed by atoms with Crippen LogP contribution in [0, 0.1) is 10.1 Å². The maximum Gasteiger partial charge on any atom is 0.270 e. The number of carbonyl (C=O) groups is 1. The number of rotatable bonds is 4. The number of nitro benzene ring substituents is 1. The van der Waals surface area contributed by atoms with Crippen molar-refractivity contribution in [2.75, 3.05) is 6.54 Å². The summed E-state index contributed by atoms with van der Waals surface area (Å²) in [7, 11) is 0. The van der Waals surface area contributed by atoms with Gasteiger partial charge in [0.15, 0.2) is 0 Å². The summed E-state index contributed by atoms with van der Waals surface area (Å²) in [5.74, 6) is -0.318. The highest BCUT2D eigenvalue weighted by Gasteiger charge is 2.12. The average Bonchev–Trinajstić information content (AvgIpc) is 2.42. The lowest BCUT2D eigenvalue weighted by Crippen LogP contribution is -2.32. The lowest BCUT2D eigenvalue weighted by molar-refractivity contribution is -0.384. The summed E-state index contributed by atoms with van der Waals surface area (Å²) in [6, 6.07) is 3.85. The maximum absolute atomic E-state index is 12.2. The molecule has 8 heteroatoms. The molecule has 1 aromatic heterocycles. The molecule has 0 aliphatic carbocycles. The second-order valence-electron chi connectivity index (χ2n) is 4.09. The third-order valence-electron chi connectivity index (χ3n) is 2.71. The zero-order valence-corrected chi connectivity index (χ0v) is 10.7. The minimum Gasteiger partial charge on any atom is -0.355 e. The van der Waals surface area contributed by atoms with Crippen molar-refractivity contribution in [1.29, 1.82) is 0 Å². The Bertz CT molecular complexity index is 738. The van der Waals surface area contributed by atoms with E-state index < -0.39 is 10.5 Å². The molecule has 0 saturated carbocycles. The summed E-state index contributed by atoms with van der Waals surface area (Å²) in [5.41, 5.74) is -0.315. The molecule has 1 N–H and O–H groups in total. The number of carbonyl (C=O) groups excluding carboxylic acids is 1. The van der Waals surface area contributed by atoms with E-state index in [0.29, 0.717) is 12.1 Å². The number of amides is 1. The average molecular weight is 276 g/mol. The molecular weight excluding hydrogens is 264 g/mol. The molecule has 0 aliphatic rings. The zero-order chi connectivity index (χ0) is 14.7. The molecule has 0 radical (unpaired) electrons. The first-order valence-electron chi connectivity index (χ1n) is 5.93. The molecule has 2 rings (SSSR count). The largest absolute Gasteiger partial charge is 0.355 e. The van der Waals surface area contributed by atoms with Crippen LogP contribution >= 0.6 is 0 Å². The Labute approximate surface area is 113 Å². The van der Waals surface area contributed by atoms with Gasteiger partial charge in [-0.2, -0.15) is 0 Å². The number of nitro groups is 1. The van der Waals surface area contributed by atoms with Gasteiger partial charge in [0, 0.05) is 18.7 Å². The molecule has 1 heterocycles. The Balaban J connectivity index is 2.48. The van der Waals surface area contributed by atoms with Crippen molar-refractivity contribution >= 4 is 22.5 Å². The molecule has 0 atom stereocenters. The van der Waals surface area contributed by atoms with Crippen molar-refractivity contribution < 1.29 is 9.72 Å². The van der Waals surface area contributed by atoms with Crippen LogP contribution in [0.1, 0.15) is 6.92 Å². The van der Waals surface area contributed by atoms with E-state index in [1.54, 1.807) is 6.92 Å². The van der Waals surface area contributed by atoms with Crippen LogP contribution in [0.4, 0.5) is 5.69 Å². The molecule has 0 bridgehead atoms. The van der Waals surface area contributed by atoms with Crippen molar-refractivity contribution in [3.8, 4) is 0 Å². The molecule has 1 aromatic carbocycles. The van der Waals surface area contributed by atoms with Crippen LogP contribution in [0.3, 0.4) is 0 Å². The Morgan fingerprint density at radius 2 is 2.25 bits per heavy atom. The maximum atomic E-state index is 12.2. The standard InChI is InChI=1S/C12H12N4O4/c1-2-13-11(17)6-15-7-14-10-4-3-8(16(19)20)5-9(10)12(15)18/h3-5,7H,2,6H2,1H3,(H,13,17). The number of benzene rings is 1. The minimum absolute atomic E-state index is 0.117. The fraction of sp³-hybridized carbons (Fsp3) is 0.250. The van der Waals surface area contributed by atoms with E-state index in [0.717, 1.165) is 4.57 Å². The fourth-order valence-electron chi connectivity index (χ4n) is 1.78. The van der Waals surface area contributed by atoms with Crippen LogP contribution in [-0.2, 0) is 11.3 Å². The number of hydrogen-bond acceptors (Lipinski definition) is 5. The number of non-ortho nitro benzene ring substituents is 1. The molecule has 0 aliphatic heterocycles. The zero-order valence-electron chi connectivity index (χ0n) is 10.7. The van der Waals surface area contributed by atoms with Gasteiger partial charge < -0.3 is 5.32 Å². The predicted molar refractivity (Wildman–Crippen MR) is 71.3 cm³/mol. The molecular formula is C12H12N4O4. The summed E-state index contributed by atoms with van der Waals surface area (Å²) < 4.78 is 1.12. The number of hydrogen-bond donors (Lipinski definition) is 1. The lowest BCUT2D eigenvalue weighted by Gasteiger charge is -2.06. The summed E-state index contributed by atoms with van der Waals surface area (Å²) in [6.07, 6.45) is 1.26. The molecule has 0 unspecified atom stereocenters. The van der Waals surface area contributed by atoms with Gasteiger partial charge in [-0.1, -0.05) is 0 Å². The number of nitrogens with zero attached hydrogens (tertiary/aromatic N) is 3. The third kappa shape index (κ3) is 2.63. The van der Waals surface area contributed by atoms with Gasteiger partial charge in [0.1, 0.15) is 6.54 Å². The monoisotopic (exact) mass is 276 g/mol. The van der Waals surface area contributed by atoms with Crippen LogP contribution in [-0.4, -0.2) is 26.9 Å². The van der Waals surface area contributed by atoms with Gasteiger partial charge in [-0.25, -0.2) is 4.98 Å². The van der Waals surface area contributed by atoms with Crippen LogP contribution in [0.15, 0.2) is 29.3 Å². The predicted octanol–water partition coefficient (Wildman–Crippen LogP) is 0.441. The van der Waals surface area contributed by atoms with Crippen molar-refractivity contribution in [2.45, 2.75) is 13.5 Å². The lowest BCUT2D eigenvalue weighted by atomic mass is 10.2. The normalized spacial score (nSPS) is 10.4. The topological polar surface area (TPSA) is 107 Å². The van der Waals surface area contributed by atoms with Gasteiger partial charge >= 0.3 is 0 Å². The molecule has 1 amide bonds. The van der Waals surface area contributed by atoms with E-state index in [-0.39, 0.29) is 23.5 Å². The highest BCUT2D eigenvalue weighted by molar-refractivity contribution is 5.80. The quantitative estimate of drug-likeness (QED) is 0.644. The van der Waals surface area contributed by atoms with E-state index in [4.69, 9.17) is 0 Å². The van der Waals surface area contributed by atoms with Crippen molar-refractivity contribution in [1.82, 2.24) is 14.9 Å². The first-order valence-corrected chi connectivity index (χ1v) is 5.93. The van der Waals surface area contributed by atoms with E-state index in [1.807, 2.05) is 0 Å². The summed E-state index contributed by atoms with van der Waals surface area (Å²) in [5, 5.41) is 13.4.